The molecule has 1 aromatic carbocycles. The van der Waals surface area contributed by atoms with E-state index in [1.807, 2.05) is 0 Å². The number of nitrogens with zero attached hydrogens (tertiary/aromatic N) is 4. The summed E-state index contributed by atoms with van der Waals surface area (Å²) in [4.78, 5) is 43.0. The van der Waals surface area contributed by atoms with Crippen LogP contribution in [0, 0.1) is 5.82 Å². The molecule has 2 heterocycles. The van der Waals surface area contributed by atoms with E-state index in [2.05, 4.69) is 4.98 Å². The maximum Gasteiger partial charge on any atom is 0.354 e. The molecular formula is C19H21FN4O4. The summed E-state index contributed by atoms with van der Waals surface area (Å²) in [5, 5.41) is 9.16. The number of carbonyl (C=O) groups excluding carboxylic acids is 2. The fraction of sp³-hybridized carbons (Fsp3) is 0.368. The third kappa shape index (κ3) is 3.88. The third-order valence-corrected chi connectivity index (χ3v) is 4.84. The third-order valence-electron chi connectivity index (χ3n) is 4.84. The van der Waals surface area contributed by atoms with Gasteiger partial charge in [0.05, 0.1) is 6.20 Å². The second kappa shape index (κ2) is 7.79. The Hall–Kier alpha value is -3.23. The summed E-state index contributed by atoms with van der Waals surface area (Å²) in [5.74, 6) is -1.87. The van der Waals surface area contributed by atoms with Crippen LogP contribution in [0.25, 0.3) is 11.4 Å². The number of carboxylic acid groups (broad SMARTS) is 1. The van der Waals surface area contributed by atoms with E-state index in [9.17, 15) is 18.8 Å². The highest BCUT2D eigenvalue weighted by Gasteiger charge is 2.23. The molecule has 1 aromatic heterocycles. The monoisotopic (exact) mass is 388 g/mol. The van der Waals surface area contributed by atoms with Gasteiger partial charge in [0.15, 0.2) is 0 Å². The summed E-state index contributed by atoms with van der Waals surface area (Å²) >= 11 is 0. The van der Waals surface area contributed by atoms with Crippen molar-refractivity contribution in [2.75, 3.05) is 26.2 Å². The topological polar surface area (TPSA) is 95.7 Å². The Labute approximate surface area is 161 Å². The normalized spacial score (nSPS) is 14.7. The quantitative estimate of drug-likeness (QED) is 0.862. The molecule has 1 aliphatic rings. The van der Waals surface area contributed by atoms with E-state index >= 15 is 0 Å². The van der Waals surface area contributed by atoms with E-state index in [4.69, 9.17) is 5.11 Å². The number of amides is 2. The highest BCUT2D eigenvalue weighted by Crippen LogP contribution is 2.23. The summed E-state index contributed by atoms with van der Waals surface area (Å²) in [6.45, 7) is 3.35. The minimum atomic E-state index is -1.14. The van der Waals surface area contributed by atoms with E-state index in [1.165, 1.54) is 36.9 Å². The Kier molecular flexibility index (Phi) is 5.43. The molecule has 8 nitrogen and oxygen atoms in total. The molecule has 1 saturated heterocycles. The Morgan fingerprint density at radius 3 is 2.39 bits per heavy atom. The Morgan fingerprint density at radius 2 is 1.75 bits per heavy atom. The van der Waals surface area contributed by atoms with E-state index < -0.39 is 11.8 Å². The standard InChI is InChI=1S/C19H21FN4O4/c1-12(25)23-4-3-5-24(7-6-23)18(26)14-8-13(9-15(20)10-14)17-21-11-16(19(27)28)22(17)2/h8-11H,3-7H2,1-2H3,(H,27,28). The number of halogens is 1. The largest absolute Gasteiger partial charge is 0.477 e. The van der Waals surface area contributed by atoms with Crippen LogP contribution in [0.15, 0.2) is 24.4 Å². The SMILES string of the molecule is CC(=O)N1CCCN(C(=O)c2cc(F)cc(-c3ncc(C(=O)O)n3C)c2)CC1. The lowest BCUT2D eigenvalue weighted by Crippen LogP contribution is -2.36. The van der Waals surface area contributed by atoms with Gasteiger partial charge in [-0.05, 0) is 24.6 Å². The van der Waals surface area contributed by atoms with Gasteiger partial charge in [-0.15, -0.1) is 0 Å². The van der Waals surface area contributed by atoms with Crippen molar-refractivity contribution < 1.29 is 23.9 Å². The predicted octanol–water partition coefficient (Wildman–Crippen LogP) is 1.62. The number of rotatable bonds is 3. The van der Waals surface area contributed by atoms with Crippen molar-refractivity contribution in [3.8, 4) is 11.4 Å². The number of imidazole rings is 1. The average Bonchev–Trinajstić information content (AvgIpc) is 2.87. The van der Waals surface area contributed by atoms with Gasteiger partial charge in [0, 0.05) is 51.3 Å². The molecule has 2 amide bonds. The van der Waals surface area contributed by atoms with Crippen LogP contribution in [0.3, 0.4) is 0 Å². The average molecular weight is 388 g/mol. The molecule has 1 N–H and O–H groups in total. The molecule has 1 fully saturated rings. The van der Waals surface area contributed by atoms with E-state index in [1.54, 1.807) is 9.80 Å². The zero-order valence-electron chi connectivity index (χ0n) is 15.7. The molecule has 2 aromatic rings. The fourth-order valence-electron chi connectivity index (χ4n) is 3.34. The number of aromatic nitrogens is 2. The van der Waals surface area contributed by atoms with Crippen LogP contribution in [0.5, 0.6) is 0 Å². The van der Waals surface area contributed by atoms with E-state index in [-0.39, 0.29) is 28.9 Å². The number of aromatic carboxylic acids is 1. The molecule has 0 spiro atoms. The summed E-state index contributed by atoms with van der Waals surface area (Å²) < 4.78 is 15.5. The maximum absolute atomic E-state index is 14.2. The molecule has 0 unspecified atom stereocenters. The van der Waals surface area contributed by atoms with Crippen molar-refractivity contribution in [1.29, 1.82) is 0 Å². The van der Waals surface area contributed by atoms with Gasteiger partial charge in [-0.25, -0.2) is 14.2 Å². The predicted molar refractivity (Wildman–Crippen MR) is 98.3 cm³/mol. The van der Waals surface area contributed by atoms with Crippen molar-refractivity contribution in [1.82, 2.24) is 19.4 Å². The van der Waals surface area contributed by atoms with E-state index in [0.717, 1.165) is 6.07 Å². The molecule has 0 radical (unpaired) electrons. The van der Waals surface area contributed by atoms with Crippen molar-refractivity contribution in [3.05, 3.63) is 41.5 Å². The molecule has 3 rings (SSSR count). The van der Waals surface area contributed by atoms with Gasteiger partial charge in [-0.1, -0.05) is 0 Å². The van der Waals surface area contributed by atoms with Gasteiger partial charge in [0.2, 0.25) is 5.91 Å². The van der Waals surface area contributed by atoms with Crippen molar-refractivity contribution >= 4 is 17.8 Å². The molecule has 1 aliphatic heterocycles. The first-order chi connectivity index (χ1) is 13.3. The van der Waals surface area contributed by atoms with Crippen LogP contribution in [-0.2, 0) is 11.8 Å². The first-order valence-electron chi connectivity index (χ1n) is 8.88. The first kappa shape index (κ1) is 19.5. The van der Waals surface area contributed by atoms with Crippen LogP contribution in [-0.4, -0.2) is 68.4 Å². The van der Waals surface area contributed by atoms with Crippen molar-refractivity contribution in [2.24, 2.45) is 7.05 Å². The zero-order valence-corrected chi connectivity index (χ0v) is 15.7. The summed E-state index contributed by atoms with van der Waals surface area (Å²) in [6.07, 6.45) is 1.84. The molecule has 148 valence electrons. The lowest BCUT2D eigenvalue weighted by molar-refractivity contribution is -0.128. The number of carboxylic acids is 1. The second-order valence-corrected chi connectivity index (χ2v) is 6.71. The summed E-state index contributed by atoms with van der Waals surface area (Å²) in [5.41, 5.74) is 0.439. The van der Waals surface area contributed by atoms with Crippen LogP contribution in [0.1, 0.15) is 34.2 Å². The maximum atomic E-state index is 14.2. The van der Waals surface area contributed by atoms with Crippen LogP contribution in [0.2, 0.25) is 0 Å². The highest BCUT2D eigenvalue weighted by atomic mass is 19.1. The van der Waals surface area contributed by atoms with Gasteiger partial charge in [0.25, 0.3) is 5.91 Å². The Balaban J connectivity index is 1.88. The molecule has 0 atom stereocenters. The number of hydrogen-bond acceptors (Lipinski definition) is 4. The van der Waals surface area contributed by atoms with Gasteiger partial charge in [0.1, 0.15) is 17.3 Å². The fourth-order valence-corrected chi connectivity index (χ4v) is 3.34. The minimum Gasteiger partial charge on any atom is -0.477 e. The van der Waals surface area contributed by atoms with Gasteiger partial charge >= 0.3 is 5.97 Å². The highest BCUT2D eigenvalue weighted by molar-refractivity contribution is 5.95. The van der Waals surface area contributed by atoms with Gasteiger partial charge in [-0.2, -0.15) is 0 Å². The number of benzene rings is 1. The lowest BCUT2D eigenvalue weighted by Gasteiger charge is -2.21. The lowest BCUT2D eigenvalue weighted by atomic mass is 10.1. The number of carbonyl (C=O) groups is 3. The second-order valence-electron chi connectivity index (χ2n) is 6.71. The molecular weight excluding hydrogens is 367 g/mol. The molecule has 0 saturated carbocycles. The molecule has 9 heteroatoms. The smallest absolute Gasteiger partial charge is 0.354 e. The molecule has 0 bridgehead atoms. The van der Waals surface area contributed by atoms with Crippen LogP contribution in [0.4, 0.5) is 4.39 Å². The van der Waals surface area contributed by atoms with Gasteiger partial charge in [-0.3, -0.25) is 9.59 Å². The van der Waals surface area contributed by atoms with Crippen molar-refractivity contribution in [3.63, 3.8) is 0 Å². The Morgan fingerprint density at radius 1 is 1.07 bits per heavy atom. The Bertz CT molecular complexity index is 940. The van der Waals surface area contributed by atoms with Crippen molar-refractivity contribution in [2.45, 2.75) is 13.3 Å². The first-order valence-corrected chi connectivity index (χ1v) is 8.88. The molecule has 28 heavy (non-hydrogen) atoms. The van der Waals surface area contributed by atoms with E-state index in [0.29, 0.717) is 38.2 Å². The summed E-state index contributed by atoms with van der Waals surface area (Å²) in [6, 6.07) is 3.87. The summed E-state index contributed by atoms with van der Waals surface area (Å²) in [7, 11) is 1.52. The van der Waals surface area contributed by atoms with Gasteiger partial charge < -0.3 is 19.5 Å². The number of hydrogen-bond donors (Lipinski definition) is 1. The minimum absolute atomic E-state index is 0.0358. The molecule has 0 aliphatic carbocycles. The van der Waals surface area contributed by atoms with Crippen LogP contribution >= 0.6 is 0 Å². The zero-order chi connectivity index (χ0) is 20.4. The van der Waals surface area contributed by atoms with Crippen LogP contribution < -0.4 is 0 Å².